The van der Waals surface area contributed by atoms with Gasteiger partial charge < -0.3 is 4.74 Å². The maximum Gasteiger partial charge on any atom is 0.333 e. The fourth-order valence-electron chi connectivity index (χ4n) is 1.19. The van der Waals surface area contributed by atoms with Crippen LogP contribution in [0, 0.1) is 3.57 Å². The zero-order valence-corrected chi connectivity index (χ0v) is 10.6. The van der Waals surface area contributed by atoms with E-state index in [2.05, 4.69) is 27.7 Å². The van der Waals surface area contributed by atoms with Crippen LogP contribution in [0.15, 0.2) is 12.4 Å². The molecule has 0 bridgehead atoms. The Morgan fingerprint density at radius 2 is 2.43 bits per heavy atom. The maximum atomic E-state index is 11.6. The van der Waals surface area contributed by atoms with Crippen LogP contribution in [-0.2, 0) is 15.1 Å². The lowest BCUT2D eigenvalue weighted by Crippen LogP contribution is -2.39. The number of rotatable bonds is 3. The Morgan fingerprint density at radius 1 is 1.79 bits per heavy atom. The lowest BCUT2D eigenvalue weighted by atomic mass is 10.00. The minimum Gasteiger partial charge on any atom is -0.467 e. The van der Waals surface area contributed by atoms with Gasteiger partial charge in [0, 0.05) is 6.20 Å². The summed E-state index contributed by atoms with van der Waals surface area (Å²) in [4.78, 5) is 11.6. The molecular weight excluding hydrogens is 295 g/mol. The summed E-state index contributed by atoms with van der Waals surface area (Å²) in [5, 5.41) is 4.14. The minimum atomic E-state index is -0.696. The van der Waals surface area contributed by atoms with Crippen LogP contribution in [0.4, 0.5) is 0 Å². The highest BCUT2D eigenvalue weighted by Gasteiger charge is 2.35. The van der Waals surface area contributed by atoms with E-state index >= 15 is 0 Å². The predicted octanol–water partition coefficient (Wildman–Crippen LogP) is 1.79. The summed E-state index contributed by atoms with van der Waals surface area (Å²) in [6, 6.07) is 0. The molecule has 0 spiro atoms. The highest BCUT2D eigenvalue weighted by molar-refractivity contribution is 14.1. The van der Waals surface area contributed by atoms with Gasteiger partial charge in [0.15, 0.2) is 5.54 Å². The van der Waals surface area contributed by atoms with Crippen LogP contribution >= 0.6 is 22.6 Å². The van der Waals surface area contributed by atoms with Gasteiger partial charge in [-0.2, -0.15) is 5.10 Å². The van der Waals surface area contributed by atoms with Gasteiger partial charge in [-0.15, -0.1) is 0 Å². The Bertz CT molecular complexity index is 337. The first-order valence-electron chi connectivity index (χ1n) is 4.33. The molecule has 0 radical (unpaired) electrons. The van der Waals surface area contributed by atoms with Gasteiger partial charge in [0.05, 0.1) is 16.9 Å². The summed E-state index contributed by atoms with van der Waals surface area (Å²) in [5.41, 5.74) is -0.696. The molecule has 0 aliphatic heterocycles. The lowest BCUT2D eigenvalue weighted by Gasteiger charge is -2.25. The predicted molar refractivity (Wildman–Crippen MR) is 60.9 cm³/mol. The van der Waals surface area contributed by atoms with Crippen LogP contribution in [0.5, 0.6) is 0 Å². The Morgan fingerprint density at radius 3 is 2.79 bits per heavy atom. The highest BCUT2D eigenvalue weighted by atomic mass is 127. The number of esters is 1. The molecule has 0 saturated carbocycles. The van der Waals surface area contributed by atoms with Gasteiger partial charge >= 0.3 is 5.97 Å². The van der Waals surface area contributed by atoms with Crippen molar-refractivity contribution in [2.24, 2.45) is 0 Å². The van der Waals surface area contributed by atoms with Gasteiger partial charge in [-0.3, -0.25) is 4.68 Å². The minimum absolute atomic E-state index is 0.264. The van der Waals surface area contributed by atoms with Gasteiger partial charge in [0.25, 0.3) is 0 Å². The number of carbonyl (C=O) groups is 1. The summed E-state index contributed by atoms with van der Waals surface area (Å²) >= 11 is 2.16. The van der Waals surface area contributed by atoms with Crippen molar-refractivity contribution >= 4 is 28.6 Å². The number of hydrogen-bond acceptors (Lipinski definition) is 3. The first-order valence-corrected chi connectivity index (χ1v) is 5.41. The van der Waals surface area contributed by atoms with Crippen molar-refractivity contribution in [2.45, 2.75) is 25.8 Å². The van der Waals surface area contributed by atoms with E-state index in [1.807, 2.05) is 20.0 Å². The molecule has 0 saturated heterocycles. The SMILES string of the molecule is CCC(C)(C(=O)OC)n1cc(I)cn1. The van der Waals surface area contributed by atoms with Crippen LogP contribution in [0.2, 0.25) is 0 Å². The quantitative estimate of drug-likeness (QED) is 0.631. The van der Waals surface area contributed by atoms with Crippen molar-refractivity contribution in [3.05, 3.63) is 16.0 Å². The van der Waals surface area contributed by atoms with E-state index in [4.69, 9.17) is 4.74 Å². The molecule has 1 unspecified atom stereocenters. The van der Waals surface area contributed by atoms with Gasteiger partial charge in [0.1, 0.15) is 0 Å². The third-order valence-corrected chi connectivity index (χ3v) is 2.93. The number of methoxy groups -OCH3 is 1. The maximum absolute atomic E-state index is 11.6. The molecule has 0 N–H and O–H groups in total. The lowest BCUT2D eigenvalue weighted by molar-refractivity contribution is -0.151. The van der Waals surface area contributed by atoms with E-state index in [9.17, 15) is 4.79 Å². The largest absolute Gasteiger partial charge is 0.467 e. The van der Waals surface area contributed by atoms with Crippen LogP contribution in [0.1, 0.15) is 20.3 Å². The third-order valence-electron chi connectivity index (χ3n) is 2.37. The van der Waals surface area contributed by atoms with Crippen molar-refractivity contribution in [3.63, 3.8) is 0 Å². The summed E-state index contributed by atoms with van der Waals surface area (Å²) in [7, 11) is 1.39. The zero-order valence-electron chi connectivity index (χ0n) is 8.45. The number of aromatic nitrogens is 2. The molecule has 0 aromatic carbocycles. The van der Waals surface area contributed by atoms with Crippen LogP contribution < -0.4 is 0 Å². The normalized spacial score (nSPS) is 14.9. The molecule has 0 fully saturated rings. The highest BCUT2D eigenvalue weighted by Crippen LogP contribution is 2.21. The molecule has 4 nitrogen and oxygen atoms in total. The molecule has 1 heterocycles. The Hall–Kier alpha value is -0.590. The summed E-state index contributed by atoms with van der Waals surface area (Å²) in [6.45, 7) is 3.76. The number of carbonyl (C=O) groups excluding carboxylic acids is 1. The number of ether oxygens (including phenoxy) is 1. The molecule has 1 atom stereocenters. The fourth-order valence-corrected chi connectivity index (χ4v) is 1.58. The topological polar surface area (TPSA) is 44.1 Å². The average Bonchev–Trinajstić information content (AvgIpc) is 2.62. The van der Waals surface area contributed by atoms with Crippen molar-refractivity contribution in [2.75, 3.05) is 7.11 Å². The summed E-state index contributed by atoms with van der Waals surface area (Å²) < 4.78 is 7.43. The van der Waals surface area contributed by atoms with Crippen LogP contribution in [-0.4, -0.2) is 22.9 Å². The second-order valence-electron chi connectivity index (χ2n) is 3.22. The van der Waals surface area contributed by atoms with Gasteiger partial charge in [-0.25, -0.2) is 4.79 Å². The molecule has 0 aliphatic rings. The van der Waals surface area contributed by atoms with Gasteiger partial charge in [-0.1, -0.05) is 6.92 Å². The van der Waals surface area contributed by atoms with Crippen molar-refractivity contribution in [1.82, 2.24) is 9.78 Å². The molecule has 1 aromatic heterocycles. The second kappa shape index (κ2) is 4.29. The Labute approximate surface area is 96.8 Å². The Kier molecular flexibility index (Phi) is 3.52. The first kappa shape index (κ1) is 11.5. The standard InChI is InChI=1S/C9H13IN2O2/c1-4-9(2,8(13)14-3)12-6-7(10)5-11-12/h5-6H,4H2,1-3H3. The third kappa shape index (κ3) is 1.92. The summed E-state index contributed by atoms with van der Waals surface area (Å²) in [5.74, 6) is -0.264. The molecule has 14 heavy (non-hydrogen) atoms. The molecule has 5 heteroatoms. The fraction of sp³-hybridized carbons (Fsp3) is 0.556. The number of nitrogens with zero attached hydrogens (tertiary/aromatic N) is 2. The Balaban J connectivity index is 3.07. The average molecular weight is 308 g/mol. The van der Waals surface area contributed by atoms with E-state index in [0.29, 0.717) is 6.42 Å². The monoisotopic (exact) mass is 308 g/mol. The van der Waals surface area contributed by atoms with Gasteiger partial charge in [0.2, 0.25) is 0 Å². The molecule has 0 aliphatic carbocycles. The molecular formula is C9H13IN2O2. The first-order chi connectivity index (χ1) is 6.54. The van der Waals surface area contributed by atoms with E-state index in [-0.39, 0.29) is 5.97 Å². The van der Waals surface area contributed by atoms with E-state index in [1.165, 1.54) is 7.11 Å². The van der Waals surface area contributed by atoms with Crippen molar-refractivity contribution in [1.29, 1.82) is 0 Å². The van der Waals surface area contributed by atoms with E-state index < -0.39 is 5.54 Å². The smallest absolute Gasteiger partial charge is 0.333 e. The summed E-state index contributed by atoms with van der Waals surface area (Å²) in [6.07, 6.45) is 4.20. The second-order valence-corrected chi connectivity index (χ2v) is 4.47. The van der Waals surface area contributed by atoms with Crippen molar-refractivity contribution < 1.29 is 9.53 Å². The number of hydrogen-bond donors (Lipinski definition) is 0. The van der Waals surface area contributed by atoms with Gasteiger partial charge in [-0.05, 0) is 35.9 Å². The van der Waals surface area contributed by atoms with E-state index in [1.54, 1.807) is 10.9 Å². The molecule has 78 valence electrons. The number of halogens is 1. The zero-order chi connectivity index (χ0) is 10.8. The van der Waals surface area contributed by atoms with E-state index in [0.717, 1.165) is 3.57 Å². The van der Waals surface area contributed by atoms with Crippen LogP contribution in [0.3, 0.4) is 0 Å². The van der Waals surface area contributed by atoms with Crippen molar-refractivity contribution in [3.8, 4) is 0 Å². The molecule has 1 rings (SSSR count). The van der Waals surface area contributed by atoms with Crippen LogP contribution in [0.25, 0.3) is 0 Å². The molecule has 0 amide bonds. The molecule has 1 aromatic rings.